The van der Waals surface area contributed by atoms with Crippen LogP contribution in [-0.2, 0) is 22.7 Å². The van der Waals surface area contributed by atoms with Crippen molar-refractivity contribution in [2.45, 2.75) is 51.2 Å². The Morgan fingerprint density at radius 2 is 1.76 bits per heavy atom. The topological polar surface area (TPSA) is 40.6 Å². The lowest BCUT2D eigenvalue weighted by Gasteiger charge is -2.35. The SMILES string of the molecule is O=C(CN(C(=O)CCl)C1CCCCC1)N(Cc1ccc(F)cc1)Cc1cccs1. The fraction of sp³-hybridized carbons (Fsp3) is 0.455. The minimum atomic E-state index is -0.305. The second-order valence-corrected chi connectivity index (χ2v) is 8.70. The highest BCUT2D eigenvalue weighted by molar-refractivity contribution is 7.09. The molecule has 1 aliphatic carbocycles. The predicted molar refractivity (Wildman–Crippen MR) is 114 cm³/mol. The highest BCUT2D eigenvalue weighted by Gasteiger charge is 2.28. The summed E-state index contributed by atoms with van der Waals surface area (Å²) in [7, 11) is 0. The maximum atomic E-state index is 13.3. The van der Waals surface area contributed by atoms with E-state index in [0.29, 0.717) is 13.1 Å². The number of benzene rings is 1. The molecule has 7 heteroatoms. The molecule has 1 heterocycles. The van der Waals surface area contributed by atoms with Gasteiger partial charge in [-0.3, -0.25) is 9.59 Å². The standard InChI is InChI=1S/C22H26ClFN2O2S/c23-13-21(27)26(19-5-2-1-3-6-19)16-22(28)25(15-20-7-4-12-29-20)14-17-8-10-18(24)11-9-17/h4,7-12,19H,1-3,5-6,13-16H2. The molecule has 1 aliphatic rings. The average Bonchev–Trinajstić information content (AvgIpc) is 3.26. The molecular formula is C22H26ClFN2O2S. The Bertz CT molecular complexity index is 792. The third-order valence-electron chi connectivity index (χ3n) is 5.32. The molecule has 2 amide bonds. The van der Waals surface area contributed by atoms with Crippen LogP contribution in [0.4, 0.5) is 4.39 Å². The van der Waals surface area contributed by atoms with Gasteiger partial charge in [0.25, 0.3) is 0 Å². The molecule has 1 aromatic carbocycles. The molecule has 0 atom stereocenters. The third-order valence-corrected chi connectivity index (χ3v) is 6.41. The van der Waals surface area contributed by atoms with Crippen LogP contribution in [0.2, 0.25) is 0 Å². The highest BCUT2D eigenvalue weighted by Crippen LogP contribution is 2.24. The van der Waals surface area contributed by atoms with Crippen molar-refractivity contribution in [3.8, 4) is 0 Å². The first-order valence-electron chi connectivity index (χ1n) is 9.97. The summed E-state index contributed by atoms with van der Waals surface area (Å²) in [4.78, 5) is 30.2. The lowest BCUT2D eigenvalue weighted by molar-refractivity contribution is -0.142. The minimum Gasteiger partial charge on any atom is -0.332 e. The Labute approximate surface area is 180 Å². The molecule has 3 rings (SSSR count). The molecule has 0 unspecified atom stereocenters. The van der Waals surface area contributed by atoms with Gasteiger partial charge >= 0.3 is 0 Å². The zero-order valence-electron chi connectivity index (χ0n) is 16.4. The van der Waals surface area contributed by atoms with E-state index in [0.717, 1.165) is 36.1 Å². The molecule has 0 saturated heterocycles. The molecule has 0 spiro atoms. The monoisotopic (exact) mass is 436 g/mol. The number of amides is 2. The van der Waals surface area contributed by atoms with E-state index in [4.69, 9.17) is 11.6 Å². The number of thiophene rings is 1. The van der Waals surface area contributed by atoms with E-state index in [-0.39, 0.29) is 36.1 Å². The first kappa shape index (κ1) is 21.8. The zero-order valence-corrected chi connectivity index (χ0v) is 17.9. The summed E-state index contributed by atoms with van der Waals surface area (Å²) in [6, 6.07) is 10.2. The van der Waals surface area contributed by atoms with E-state index in [2.05, 4.69) is 0 Å². The Morgan fingerprint density at radius 1 is 1.03 bits per heavy atom. The van der Waals surface area contributed by atoms with Crippen molar-refractivity contribution in [3.63, 3.8) is 0 Å². The van der Waals surface area contributed by atoms with Gasteiger partial charge in [0.15, 0.2) is 0 Å². The zero-order chi connectivity index (χ0) is 20.6. The van der Waals surface area contributed by atoms with Gasteiger partial charge in [-0.25, -0.2) is 4.39 Å². The van der Waals surface area contributed by atoms with Crippen molar-refractivity contribution in [3.05, 3.63) is 58.0 Å². The molecular weight excluding hydrogens is 411 g/mol. The van der Waals surface area contributed by atoms with Crippen LogP contribution in [0.25, 0.3) is 0 Å². The van der Waals surface area contributed by atoms with Crippen LogP contribution < -0.4 is 0 Å². The Hall–Kier alpha value is -1.92. The molecule has 1 fully saturated rings. The Balaban J connectivity index is 1.75. The van der Waals surface area contributed by atoms with Gasteiger partial charge in [-0.2, -0.15) is 0 Å². The molecule has 1 saturated carbocycles. The van der Waals surface area contributed by atoms with Crippen molar-refractivity contribution < 1.29 is 14.0 Å². The molecule has 0 aliphatic heterocycles. The van der Waals surface area contributed by atoms with Crippen LogP contribution in [0.3, 0.4) is 0 Å². The second kappa shape index (κ2) is 10.7. The second-order valence-electron chi connectivity index (χ2n) is 7.40. The molecule has 0 radical (unpaired) electrons. The highest BCUT2D eigenvalue weighted by atomic mass is 35.5. The molecule has 29 heavy (non-hydrogen) atoms. The molecule has 2 aromatic rings. The van der Waals surface area contributed by atoms with Crippen molar-refractivity contribution >= 4 is 34.8 Å². The molecule has 0 N–H and O–H groups in total. The van der Waals surface area contributed by atoms with Crippen LogP contribution in [0.1, 0.15) is 42.5 Å². The van der Waals surface area contributed by atoms with Crippen molar-refractivity contribution in [1.29, 1.82) is 0 Å². The maximum Gasteiger partial charge on any atom is 0.242 e. The van der Waals surface area contributed by atoms with Gasteiger partial charge in [0.2, 0.25) is 11.8 Å². The fourth-order valence-electron chi connectivity index (χ4n) is 3.77. The number of carbonyl (C=O) groups excluding carboxylic acids is 2. The number of alkyl halides is 1. The van der Waals surface area contributed by atoms with Crippen LogP contribution in [0.5, 0.6) is 0 Å². The normalized spacial score (nSPS) is 14.6. The fourth-order valence-corrected chi connectivity index (χ4v) is 4.64. The summed E-state index contributed by atoms with van der Waals surface area (Å²) < 4.78 is 13.3. The molecule has 156 valence electrons. The number of halogens is 2. The third kappa shape index (κ3) is 6.28. The van der Waals surface area contributed by atoms with Crippen molar-refractivity contribution in [2.24, 2.45) is 0 Å². The van der Waals surface area contributed by atoms with Gasteiger partial charge < -0.3 is 9.80 Å². The van der Waals surface area contributed by atoms with Crippen LogP contribution in [0, 0.1) is 5.82 Å². The van der Waals surface area contributed by atoms with E-state index in [1.54, 1.807) is 33.3 Å². The van der Waals surface area contributed by atoms with Crippen LogP contribution in [0.15, 0.2) is 41.8 Å². The van der Waals surface area contributed by atoms with Crippen molar-refractivity contribution in [2.75, 3.05) is 12.4 Å². The van der Waals surface area contributed by atoms with Crippen LogP contribution >= 0.6 is 22.9 Å². The van der Waals surface area contributed by atoms with Gasteiger partial charge in [0.1, 0.15) is 18.2 Å². The van der Waals surface area contributed by atoms with E-state index in [1.807, 2.05) is 17.5 Å². The van der Waals surface area contributed by atoms with E-state index < -0.39 is 0 Å². The van der Waals surface area contributed by atoms with E-state index >= 15 is 0 Å². The Kier molecular flexibility index (Phi) is 8.07. The molecule has 1 aromatic heterocycles. The van der Waals surface area contributed by atoms with Gasteiger partial charge in [-0.1, -0.05) is 37.5 Å². The number of hydrogen-bond acceptors (Lipinski definition) is 3. The van der Waals surface area contributed by atoms with Gasteiger partial charge in [0.05, 0.1) is 6.54 Å². The number of nitrogens with zero attached hydrogens (tertiary/aromatic N) is 2. The lowest BCUT2D eigenvalue weighted by Crippen LogP contribution is -2.48. The maximum absolute atomic E-state index is 13.3. The summed E-state index contributed by atoms with van der Waals surface area (Å²) in [5, 5.41) is 1.97. The summed E-state index contributed by atoms with van der Waals surface area (Å²) in [6.07, 6.45) is 5.14. The molecule has 0 bridgehead atoms. The smallest absolute Gasteiger partial charge is 0.242 e. The summed E-state index contributed by atoms with van der Waals surface area (Å²) in [6.45, 7) is 0.856. The lowest BCUT2D eigenvalue weighted by atomic mass is 9.94. The van der Waals surface area contributed by atoms with Crippen LogP contribution in [-0.4, -0.2) is 40.1 Å². The van der Waals surface area contributed by atoms with Gasteiger partial charge in [-0.15, -0.1) is 22.9 Å². The number of rotatable bonds is 8. The number of carbonyl (C=O) groups is 2. The number of hydrogen-bond donors (Lipinski definition) is 0. The summed E-state index contributed by atoms with van der Waals surface area (Å²) >= 11 is 7.42. The predicted octanol–water partition coefficient (Wildman–Crippen LogP) is 4.82. The first-order valence-corrected chi connectivity index (χ1v) is 11.4. The van der Waals surface area contributed by atoms with E-state index in [1.165, 1.54) is 18.6 Å². The average molecular weight is 437 g/mol. The first-order chi connectivity index (χ1) is 14.1. The Morgan fingerprint density at radius 3 is 2.38 bits per heavy atom. The largest absolute Gasteiger partial charge is 0.332 e. The summed E-state index contributed by atoms with van der Waals surface area (Å²) in [5.74, 6) is -0.732. The minimum absolute atomic E-state index is 0.0305. The molecule has 4 nitrogen and oxygen atoms in total. The van der Waals surface area contributed by atoms with Gasteiger partial charge in [-0.05, 0) is 42.0 Å². The van der Waals surface area contributed by atoms with Crippen molar-refractivity contribution in [1.82, 2.24) is 9.80 Å². The summed E-state index contributed by atoms with van der Waals surface area (Å²) in [5.41, 5.74) is 0.851. The van der Waals surface area contributed by atoms with Gasteiger partial charge in [0, 0.05) is 17.5 Å². The van der Waals surface area contributed by atoms with E-state index in [9.17, 15) is 14.0 Å². The quantitative estimate of drug-likeness (QED) is 0.557.